The second kappa shape index (κ2) is 15.4. The molecular formula is C35H33F9N2O3. The standard InChI is InChI=1S/C35H33F9N2O3/c1-23-6-2-9-26(14-23)19-45(21-31(47)33(36,37)38)28-11-3-7-24(16-28)15-25-8-4-12-29(17-25)46(22-32(48)34(39,40)41)20-27-10-5-13-30(18-27)49-35(42,43)44/h2-14,16-18,31-32,47-48H,15,19-22H2,1H3. The number of rotatable bonds is 13. The third kappa shape index (κ3) is 11.6. The van der Waals surface area contributed by atoms with E-state index in [0.29, 0.717) is 16.8 Å². The second-order valence-electron chi connectivity index (χ2n) is 11.6. The molecule has 0 aliphatic heterocycles. The minimum absolute atomic E-state index is 0.0689. The van der Waals surface area contributed by atoms with Crippen LogP contribution in [-0.2, 0) is 19.5 Å². The van der Waals surface area contributed by atoms with Crippen LogP contribution in [0.15, 0.2) is 97.1 Å². The molecule has 0 aliphatic carbocycles. The molecule has 49 heavy (non-hydrogen) atoms. The summed E-state index contributed by atoms with van der Waals surface area (Å²) in [6.45, 7) is -0.0576. The van der Waals surface area contributed by atoms with Crippen LogP contribution in [0.3, 0.4) is 0 Å². The van der Waals surface area contributed by atoms with Crippen LogP contribution in [-0.4, -0.2) is 54.2 Å². The van der Waals surface area contributed by atoms with Gasteiger partial charge in [0.05, 0.1) is 13.1 Å². The lowest BCUT2D eigenvalue weighted by Crippen LogP contribution is -2.41. The molecule has 0 aliphatic rings. The van der Waals surface area contributed by atoms with E-state index in [1.165, 1.54) is 28.0 Å². The van der Waals surface area contributed by atoms with Crippen molar-refractivity contribution in [3.05, 3.63) is 125 Å². The van der Waals surface area contributed by atoms with Gasteiger partial charge in [0, 0.05) is 24.5 Å². The third-order valence-electron chi connectivity index (χ3n) is 7.46. The molecule has 2 atom stereocenters. The summed E-state index contributed by atoms with van der Waals surface area (Å²) >= 11 is 0. The maximum Gasteiger partial charge on any atom is 0.573 e. The summed E-state index contributed by atoms with van der Waals surface area (Å²) in [7, 11) is 0. The van der Waals surface area contributed by atoms with Crippen LogP contribution in [0, 0.1) is 6.92 Å². The number of nitrogens with zero attached hydrogens (tertiary/aromatic N) is 2. The zero-order valence-electron chi connectivity index (χ0n) is 26.0. The van der Waals surface area contributed by atoms with Gasteiger partial charge in [0.1, 0.15) is 5.75 Å². The summed E-state index contributed by atoms with van der Waals surface area (Å²) in [4.78, 5) is 2.58. The fourth-order valence-corrected chi connectivity index (χ4v) is 5.20. The maximum absolute atomic E-state index is 13.4. The lowest BCUT2D eigenvalue weighted by molar-refractivity contribution is -0.274. The Kier molecular flexibility index (Phi) is 11.8. The molecule has 0 heterocycles. The van der Waals surface area contributed by atoms with Crippen molar-refractivity contribution in [2.24, 2.45) is 0 Å². The van der Waals surface area contributed by atoms with Gasteiger partial charge in [-0.2, -0.15) is 26.3 Å². The average molecular weight is 701 g/mol. The molecule has 0 spiro atoms. The minimum atomic E-state index is -4.98. The predicted octanol–water partition coefficient (Wildman–Crippen LogP) is 8.34. The van der Waals surface area contributed by atoms with Crippen LogP contribution in [0.25, 0.3) is 0 Å². The zero-order chi connectivity index (χ0) is 36.0. The molecule has 5 nitrogen and oxygen atoms in total. The van der Waals surface area contributed by atoms with Crippen molar-refractivity contribution < 1.29 is 54.5 Å². The molecule has 0 fully saturated rings. The minimum Gasteiger partial charge on any atom is -0.406 e. The summed E-state index contributed by atoms with van der Waals surface area (Å²) in [5.41, 5.74) is 3.68. The lowest BCUT2D eigenvalue weighted by Gasteiger charge is -2.29. The Morgan fingerprint density at radius 1 is 0.571 bits per heavy atom. The number of hydrogen-bond acceptors (Lipinski definition) is 5. The molecule has 4 aromatic rings. The van der Waals surface area contributed by atoms with Gasteiger partial charge in [-0.3, -0.25) is 0 Å². The number of halogens is 9. The predicted molar refractivity (Wildman–Crippen MR) is 166 cm³/mol. The van der Waals surface area contributed by atoms with Gasteiger partial charge >= 0.3 is 18.7 Å². The molecule has 0 bridgehead atoms. The van der Waals surface area contributed by atoms with Gasteiger partial charge in [0.25, 0.3) is 0 Å². The van der Waals surface area contributed by atoms with E-state index >= 15 is 0 Å². The molecule has 14 heteroatoms. The molecule has 4 rings (SSSR count). The van der Waals surface area contributed by atoms with Crippen molar-refractivity contribution in [1.82, 2.24) is 0 Å². The number of benzene rings is 4. The molecule has 0 aromatic heterocycles. The molecule has 0 amide bonds. The number of ether oxygens (including phenoxy) is 1. The molecule has 264 valence electrons. The topological polar surface area (TPSA) is 56.2 Å². The van der Waals surface area contributed by atoms with Crippen LogP contribution < -0.4 is 14.5 Å². The first kappa shape index (κ1) is 37.4. The van der Waals surface area contributed by atoms with E-state index in [9.17, 15) is 49.7 Å². The van der Waals surface area contributed by atoms with Gasteiger partial charge in [0.15, 0.2) is 12.2 Å². The second-order valence-corrected chi connectivity index (χ2v) is 11.6. The number of aliphatic hydroxyl groups is 2. The Morgan fingerprint density at radius 3 is 1.45 bits per heavy atom. The van der Waals surface area contributed by atoms with Gasteiger partial charge in [-0.15, -0.1) is 13.2 Å². The first-order chi connectivity index (χ1) is 22.9. The van der Waals surface area contributed by atoms with Crippen LogP contribution in [0.2, 0.25) is 0 Å². The smallest absolute Gasteiger partial charge is 0.406 e. The van der Waals surface area contributed by atoms with Crippen molar-refractivity contribution >= 4 is 11.4 Å². The van der Waals surface area contributed by atoms with Crippen LogP contribution in [0.1, 0.15) is 27.8 Å². The number of aryl methyl sites for hydroxylation is 1. The maximum atomic E-state index is 13.4. The van der Waals surface area contributed by atoms with E-state index in [1.54, 1.807) is 54.6 Å². The van der Waals surface area contributed by atoms with Gasteiger partial charge in [-0.1, -0.05) is 66.2 Å². The van der Waals surface area contributed by atoms with Crippen LogP contribution >= 0.6 is 0 Å². The third-order valence-corrected chi connectivity index (χ3v) is 7.46. The molecule has 0 radical (unpaired) electrons. The number of anilines is 2. The quantitative estimate of drug-likeness (QED) is 0.138. The highest BCUT2D eigenvalue weighted by Crippen LogP contribution is 2.30. The van der Waals surface area contributed by atoms with Crippen molar-refractivity contribution in [3.8, 4) is 5.75 Å². The fraction of sp³-hybridized carbons (Fsp3) is 0.314. The van der Waals surface area contributed by atoms with E-state index in [-0.39, 0.29) is 30.8 Å². The highest BCUT2D eigenvalue weighted by Gasteiger charge is 2.40. The van der Waals surface area contributed by atoms with E-state index in [0.717, 1.165) is 23.3 Å². The van der Waals surface area contributed by atoms with Crippen molar-refractivity contribution in [3.63, 3.8) is 0 Å². The molecular weight excluding hydrogens is 667 g/mol. The number of alkyl halides is 9. The molecule has 2 unspecified atom stereocenters. The van der Waals surface area contributed by atoms with Crippen molar-refractivity contribution in [2.45, 2.75) is 57.4 Å². The Morgan fingerprint density at radius 2 is 1.00 bits per heavy atom. The Labute approximate surface area is 276 Å². The summed E-state index contributed by atoms with van der Waals surface area (Å²) in [6.07, 6.45) is -20.0. The summed E-state index contributed by atoms with van der Waals surface area (Å²) in [5, 5.41) is 19.8. The number of hydrogen-bond donors (Lipinski definition) is 2. The molecule has 0 saturated carbocycles. The molecule has 2 N–H and O–H groups in total. The normalized spacial score (nSPS) is 13.6. The zero-order valence-corrected chi connectivity index (χ0v) is 26.0. The summed E-state index contributed by atoms with van der Waals surface area (Å²) < 4.78 is 122. The first-order valence-electron chi connectivity index (χ1n) is 14.9. The largest absolute Gasteiger partial charge is 0.573 e. The van der Waals surface area contributed by atoms with E-state index in [2.05, 4.69) is 4.74 Å². The van der Waals surface area contributed by atoms with Crippen LogP contribution in [0.5, 0.6) is 5.75 Å². The van der Waals surface area contributed by atoms with Gasteiger partial charge in [-0.25, -0.2) is 0 Å². The van der Waals surface area contributed by atoms with Crippen molar-refractivity contribution in [2.75, 3.05) is 22.9 Å². The van der Waals surface area contributed by atoms with Crippen molar-refractivity contribution in [1.29, 1.82) is 0 Å². The Balaban J connectivity index is 1.61. The monoisotopic (exact) mass is 700 g/mol. The van der Waals surface area contributed by atoms with Crippen LogP contribution in [0.4, 0.5) is 50.9 Å². The van der Waals surface area contributed by atoms with E-state index in [4.69, 9.17) is 0 Å². The van der Waals surface area contributed by atoms with Gasteiger partial charge < -0.3 is 24.7 Å². The molecule has 4 aromatic carbocycles. The SMILES string of the molecule is Cc1cccc(CN(CC(O)C(F)(F)F)c2cccc(Cc3cccc(N(Cc4cccc(OC(F)(F)F)c4)CC(O)C(F)(F)F)c3)c2)c1. The number of aliphatic hydroxyl groups excluding tert-OH is 2. The van der Waals surface area contributed by atoms with E-state index < -0.39 is 49.8 Å². The Bertz CT molecular complexity index is 1680. The molecule has 0 saturated heterocycles. The highest BCUT2D eigenvalue weighted by atomic mass is 19.4. The van der Waals surface area contributed by atoms with Gasteiger partial charge in [0.2, 0.25) is 0 Å². The van der Waals surface area contributed by atoms with E-state index in [1.807, 2.05) is 19.1 Å². The highest BCUT2D eigenvalue weighted by molar-refractivity contribution is 5.53. The first-order valence-corrected chi connectivity index (χ1v) is 14.9. The fourth-order valence-electron chi connectivity index (χ4n) is 5.20. The summed E-state index contributed by atoms with van der Waals surface area (Å²) in [6, 6.07) is 24.9. The van der Waals surface area contributed by atoms with Gasteiger partial charge in [-0.05, 0) is 72.0 Å². The lowest BCUT2D eigenvalue weighted by atomic mass is 10.0. The Hall–Kier alpha value is -4.43. The summed E-state index contributed by atoms with van der Waals surface area (Å²) in [5.74, 6) is -0.561. The average Bonchev–Trinajstić information content (AvgIpc) is 2.99.